The third-order valence-electron chi connectivity index (χ3n) is 4.02. The molecule has 0 atom stereocenters. The fourth-order valence-electron chi connectivity index (χ4n) is 2.67. The predicted octanol–water partition coefficient (Wildman–Crippen LogP) is 4.89. The van der Waals surface area contributed by atoms with Crippen LogP contribution >= 0.6 is 0 Å². The van der Waals surface area contributed by atoms with Crippen molar-refractivity contribution in [3.63, 3.8) is 0 Å². The van der Waals surface area contributed by atoms with Gasteiger partial charge in [-0.15, -0.1) is 0 Å². The van der Waals surface area contributed by atoms with E-state index in [4.69, 9.17) is 9.47 Å². The molecule has 124 valence electrons. The molecule has 0 unspecified atom stereocenters. The van der Waals surface area contributed by atoms with E-state index in [1.54, 1.807) is 12.1 Å². The Hall–Kier alpha value is -2.16. The number of hydrogen-bond donors (Lipinski definition) is 1. The van der Waals surface area contributed by atoms with Crippen LogP contribution in [0.3, 0.4) is 0 Å². The van der Waals surface area contributed by atoms with Gasteiger partial charge in [0.15, 0.2) is 11.5 Å². The van der Waals surface area contributed by atoms with Crippen LogP contribution in [-0.2, 0) is 6.42 Å². The first-order chi connectivity index (χ1) is 11.2. The quantitative estimate of drug-likeness (QED) is 0.670. The van der Waals surface area contributed by atoms with Gasteiger partial charge >= 0.3 is 0 Å². The van der Waals surface area contributed by atoms with Crippen LogP contribution in [0.5, 0.6) is 17.2 Å². The lowest BCUT2D eigenvalue weighted by Crippen LogP contribution is -1.99. The van der Waals surface area contributed by atoms with E-state index in [9.17, 15) is 5.11 Å². The summed E-state index contributed by atoms with van der Waals surface area (Å²) in [6, 6.07) is 13.8. The smallest absolute Gasteiger partial charge is 0.203 e. The largest absolute Gasteiger partial charge is 0.504 e. The van der Waals surface area contributed by atoms with Crippen molar-refractivity contribution in [1.82, 2.24) is 0 Å². The highest BCUT2D eigenvalue weighted by Gasteiger charge is 2.08. The summed E-state index contributed by atoms with van der Waals surface area (Å²) in [6.45, 7) is 2.82. The number of ether oxygens (including phenoxy) is 2. The van der Waals surface area contributed by atoms with E-state index in [-0.39, 0.29) is 5.75 Å². The Morgan fingerprint density at radius 3 is 2.48 bits per heavy atom. The molecule has 0 fully saturated rings. The summed E-state index contributed by atoms with van der Waals surface area (Å²) in [7, 11) is 1.54. The van der Waals surface area contributed by atoms with Gasteiger partial charge in [0.25, 0.3) is 0 Å². The molecule has 3 nitrogen and oxygen atoms in total. The van der Waals surface area contributed by atoms with Gasteiger partial charge in [-0.1, -0.05) is 43.2 Å². The van der Waals surface area contributed by atoms with Gasteiger partial charge in [0.1, 0.15) is 0 Å². The molecule has 2 aromatic carbocycles. The molecule has 0 aliphatic heterocycles. The summed E-state index contributed by atoms with van der Waals surface area (Å²) in [5.41, 5.74) is 2.83. The zero-order chi connectivity index (χ0) is 16.5. The number of para-hydroxylation sites is 1. The number of aryl methyl sites for hydroxylation is 2. The number of aromatic hydroxyl groups is 1. The molecule has 0 saturated heterocycles. The van der Waals surface area contributed by atoms with Crippen molar-refractivity contribution >= 4 is 0 Å². The second-order valence-electron chi connectivity index (χ2n) is 5.75. The number of methoxy groups -OCH3 is 1. The Labute approximate surface area is 138 Å². The van der Waals surface area contributed by atoms with Gasteiger partial charge < -0.3 is 14.6 Å². The summed E-state index contributed by atoms with van der Waals surface area (Å²) >= 11 is 0. The third kappa shape index (κ3) is 5.20. The molecular formula is C20H26O3. The number of unbranched alkanes of at least 4 members (excludes halogenated alkanes) is 3. The monoisotopic (exact) mass is 314 g/mol. The van der Waals surface area contributed by atoms with Crippen LogP contribution < -0.4 is 9.47 Å². The lowest BCUT2D eigenvalue weighted by Gasteiger charge is -2.11. The van der Waals surface area contributed by atoms with Crippen LogP contribution in [0, 0.1) is 6.92 Å². The summed E-state index contributed by atoms with van der Waals surface area (Å²) in [4.78, 5) is 0. The highest BCUT2D eigenvalue weighted by molar-refractivity contribution is 5.50. The molecule has 0 spiro atoms. The Morgan fingerprint density at radius 2 is 1.70 bits per heavy atom. The van der Waals surface area contributed by atoms with Crippen molar-refractivity contribution in [1.29, 1.82) is 0 Å². The molecule has 0 heterocycles. The Bertz CT molecular complexity index is 608. The SMILES string of the molecule is COc1c(O)cccc1OCCCCCCc1ccccc1C. The van der Waals surface area contributed by atoms with E-state index < -0.39 is 0 Å². The number of benzene rings is 2. The number of phenolic OH excluding ortho intramolecular Hbond substituents is 1. The van der Waals surface area contributed by atoms with Crippen molar-refractivity contribution < 1.29 is 14.6 Å². The molecule has 0 amide bonds. The van der Waals surface area contributed by atoms with Crippen molar-refractivity contribution in [3.05, 3.63) is 53.6 Å². The molecule has 0 radical (unpaired) electrons. The van der Waals surface area contributed by atoms with Crippen LogP contribution in [0.15, 0.2) is 42.5 Å². The molecule has 2 rings (SSSR count). The van der Waals surface area contributed by atoms with Crippen LogP contribution in [0.1, 0.15) is 36.8 Å². The maximum atomic E-state index is 9.69. The predicted molar refractivity (Wildman–Crippen MR) is 93.5 cm³/mol. The second kappa shape index (κ2) is 9.09. The summed E-state index contributed by atoms with van der Waals surface area (Å²) in [5, 5.41) is 9.69. The van der Waals surface area contributed by atoms with E-state index in [1.807, 2.05) is 6.07 Å². The fourth-order valence-corrected chi connectivity index (χ4v) is 2.67. The van der Waals surface area contributed by atoms with Gasteiger partial charge in [-0.2, -0.15) is 0 Å². The minimum Gasteiger partial charge on any atom is -0.504 e. The highest BCUT2D eigenvalue weighted by Crippen LogP contribution is 2.35. The highest BCUT2D eigenvalue weighted by atomic mass is 16.5. The van der Waals surface area contributed by atoms with E-state index >= 15 is 0 Å². The van der Waals surface area contributed by atoms with Gasteiger partial charge in [0.2, 0.25) is 5.75 Å². The maximum absolute atomic E-state index is 9.69. The van der Waals surface area contributed by atoms with Gasteiger partial charge in [-0.05, 0) is 49.4 Å². The zero-order valence-electron chi connectivity index (χ0n) is 14.0. The Kier molecular flexibility index (Phi) is 6.79. The van der Waals surface area contributed by atoms with Crippen molar-refractivity contribution in [2.45, 2.75) is 39.0 Å². The number of hydrogen-bond acceptors (Lipinski definition) is 3. The lowest BCUT2D eigenvalue weighted by atomic mass is 10.0. The molecule has 23 heavy (non-hydrogen) atoms. The number of phenols is 1. The third-order valence-corrected chi connectivity index (χ3v) is 4.02. The number of rotatable bonds is 9. The standard InChI is InChI=1S/C20H26O3/c1-16-10-6-7-12-17(16)11-5-3-4-8-15-23-19-14-9-13-18(21)20(19)22-2/h6-7,9-10,12-14,21H,3-5,8,11,15H2,1-2H3. The average molecular weight is 314 g/mol. The minimum atomic E-state index is 0.114. The summed E-state index contributed by atoms with van der Waals surface area (Å²) < 4.78 is 10.9. The van der Waals surface area contributed by atoms with Crippen LogP contribution in [0.25, 0.3) is 0 Å². The zero-order valence-corrected chi connectivity index (χ0v) is 14.0. The van der Waals surface area contributed by atoms with Crippen LogP contribution in [0.2, 0.25) is 0 Å². The van der Waals surface area contributed by atoms with Crippen LogP contribution in [-0.4, -0.2) is 18.8 Å². The normalized spacial score (nSPS) is 10.5. The summed E-state index contributed by atoms with van der Waals surface area (Å²) in [5.74, 6) is 1.13. The Morgan fingerprint density at radius 1 is 0.913 bits per heavy atom. The molecular weight excluding hydrogens is 288 g/mol. The minimum absolute atomic E-state index is 0.114. The van der Waals surface area contributed by atoms with Gasteiger partial charge in [-0.3, -0.25) is 0 Å². The fraction of sp³-hybridized carbons (Fsp3) is 0.400. The van der Waals surface area contributed by atoms with Crippen LogP contribution in [0.4, 0.5) is 0 Å². The van der Waals surface area contributed by atoms with Gasteiger partial charge in [0, 0.05) is 0 Å². The summed E-state index contributed by atoms with van der Waals surface area (Å²) in [6.07, 6.45) is 5.71. The molecule has 0 aromatic heterocycles. The molecule has 0 saturated carbocycles. The van der Waals surface area contributed by atoms with E-state index in [0.717, 1.165) is 19.3 Å². The van der Waals surface area contributed by atoms with Crippen molar-refractivity contribution in [3.8, 4) is 17.2 Å². The van der Waals surface area contributed by atoms with E-state index in [0.29, 0.717) is 18.1 Å². The first-order valence-electron chi connectivity index (χ1n) is 8.25. The molecule has 2 aromatic rings. The Balaban J connectivity index is 1.63. The average Bonchev–Trinajstić information content (AvgIpc) is 2.55. The first kappa shape index (κ1) is 17.2. The topological polar surface area (TPSA) is 38.7 Å². The van der Waals surface area contributed by atoms with Gasteiger partial charge in [0.05, 0.1) is 13.7 Å². The molecule has 0 aliphatic rings. The van der Waals surface area contributed by atoms with E-state index in [2.05, 4.69) is 31.2 Å². The van der Waals surface area contributed by atoms with Crippen molar-refractivity contribution in [2.24, 2.45) is 0 Å². The first-order valence-corrected chi connectivity index (χ1v) is 8.25. The lowest BCUT2D eigenvalue weighted by molar-refractivity contribution is 0.278. The molecule has 0 bridgehead atoms. The second-order valence-corrected chi connectivity index (χ2v) is 5.75. The molecule has 3 heteroatoms. The molecule has 0 aliphatic carbocycles. The van der Waals surface area contributed by atoms with Gasteiger partial charge in [-0.25, -0.2) is 0 Å². The van der Waals surface area contributed by atoms with Crippen molar-refractivity contribution in [2.75, 3.05) is 13.7 Å². The molecule has 1 N–H and O–H groups in total. The maximum Gasteiger partial charge on any atom is 0.203 e. The van der Waals surface area contributed by atoms with E-state index in [1.165, 1.54) is 31.1 Å².